The molecular formula is C47H28N4O. The van der Waals surface area contributed by atoms with Crippen LogP contribution in [-0.4, -0.2) is 19.5 Å². The zero-order chi connectivity index (χ0) is 34.2. The van der Waals surface area contributed by atoms with E-state index >= 15 is 0 Å². The van der Waals surface area contributed by atoms with Gasteiger partial charge in [-0.25, -0.2) is 15.0 Å². The van der Waals surface area contributed by atoms with Crippen LogP contribution in [-0.2, 0) is 0 Å². The molecule has 0 spiro atoms. The van der Waals surface area contributed by atoms with E-state index in [9.17, 15) is 0 Å². The summed E-state index contributed by atoms with van der Waals surface area (Å²) in [7, 11) is 0. The fourth-order valence-electron chi connectivity index (χ4n) is 7.71. The summed E-state index contributed by atoms with van der Waals surface area (Å²) < 4.78 is 8.77. The number of aromatic nitrogens is 4. The molecule has 11 rings (SSSR count). The lowest BCUT2D eigenvalue weighted by molar-refractivity contribution is 0.672. The van der Waals surface area contributed by atoms with Gasteiger partial charge >= 0.3 is 0 Å². The number of para-hydroxylation sites is 1. The summed E-state index contributed by atoms with van der Waals surface area (Å²) in [6.45, 7) is 0. The normalized spacial score (nSPS) is 11.8. The Hall–Kier alpha value is -7.11. The van der Waals surface area contributed by atoms with E-state index in [1.165, 1.54) is 21.5 Å². The molecule has 11 aromatic rings. The van der Waals surface area contributed by atoms with Crippen LogP contribution in [0.3, 0.4) is 0 Å². The quantitative estimate of drug-likeness (QED) is 0.188. The van der Waals surface area contributed by atoms with Gasteiger partial charge in [0.25, 0.3) is 0 Å². The second-order valence-corrected chi connectivity index (χ2v) is 13.3. The number of furan rings is 1. The molecule has 52 heavy (non-hydrogen) atoms. The van der Waals surface area contributed by atoms with Crippen molar-refractivity contribution in [3.8, 4) is 39.9 Å². The smallest absolute Gasteiger partial charge is 0.164 e. The minimum Gasteiger partial charge on any atom is -0.455 e. The van der Waals surface area contributed by atoms with Gasteiger partial charge in [0, 0.05) is 49.3 Å². The van der Waals surface area contributed by atoms with Crippen molar-refractivity contribution in [3.05, 3.63) is 170 Å². The third-order valence-corrected chi connectivity index (χ3v) is 10.2. The van der Waals surface area contributed by atoms with Gasteiger partial charge in [0.2, 0.25) is 0 Å². The maximum absolute atomic E-state index is 6.42. The number of hydrogen-bond acceptors (Lipinski definition) is 4. The number of rotatable bonds is 4. The van der Waals surface area contributed by atoms with Crippen molar-refractivity contribution in [3.63, 3.8) is 0 Å². The zero-order valence-corrected chi connectivity index (χ0v) is 27.9. The number of nitrogens with zero attached hydrogens (tertiary/aromatic N) is 4. The molecule has 0 saturated carbocycles. The highest BCUT2D eigenvalue weighted by molar-refractivity contribution is 6.16. The van der Waals surface area contributed by atoms with Crippen molar-refractivity contribution in [2.45, 2.75) is 0 Å². The summed E-state index contributed by atoms with van der Waals surface area (Å²) in [5, 5.41) is 9.24. The molecule has 0 aliphatic rings. The summed E-state index contributed by atoms with van der Waals surface area (Å²) in [4.78, 5) is 15.3. The molecule has 8 aromatic carbocycles. The van der Waals surface area contributed by atoms with Crippen molar-refractivity contribution in [1.82, 2.24) is 19.5 Å². The molecule has 3 aromatic heterocycles. The van der Waals surface area contributed by atoms with Gasteiger partial charge in [-0.2, -0.15) is 0 Å². The Morgan fingerprint density at radius 1 is 0.365 bits per heavy atom. The van der Waals surface area contributed by atoms with Crippen molar-refractivity contribution >= 4 is 65.3 Å². The first-order chi connectivity index (χ1) is 25.7. The Kier molecular flexibility index (Phi) is 6.18. The molecule has 0 N–H and O–H groups in total. The first-order valence-corrected chi connectivity index (χ1v) is 17.4. The second-order valence-electron chi connectivity index (χ2n) is 13.3. The lowest BCUT2D eigenvalue weighted by Crippen LogP contribution is -2.01. The molecule has 0 unspecified atom stereocenters. The fourth-order valence-corrected chi connectivity index (χ4v) is 7.71. The third-order valence-electron chi connectivity index (χ3n) is 10.2. The predicted octanol–water partition coefficient (Wildman–Crippen LogP) is 12.2. The average Bonchev–Trinajstić information content (AvgIpc) is 3.75. The topological polar surface area (TPSA) is 56.7 Å². The van der Waals surface area contributed by atoms with E-state index < -0.39 is 0 Å². The Balaban J connectivity index is 1.10. The number of benzene rings is 8. The van der Waals surface area contributed by atoms with Gasteiger partial charge in [-0.05, 0) is 70.8 Å². The standard InChI is InChI=1S/C47H28N4O/c1-2-12-30(13-3-1)45-48-46(50-47(49-45)34-22-24-43-40(27-34)38-23-21-29-11-6-7-18-36(29)44(38)52-43)33-16-10-17-35(25-33)51-41-20-9-8-19-37(41)39-26-31-14-4-5-15-32(31)28-42(39)51/h1-28H. The van der Waals surface area contributed by atoms with E-state index in [1.807, 2.05) is 42.5 Å². The maximum atomic E-state index is 6.42. The van der Waals surface area contributed by atoms with Gasteiger partial charge in [-0.3, -0.25) is 0 Å². The Labute approximate surface area is 298 Å². The van der Waals surface area contributed by atoms with Crippen molar-refractivity contribution < 1.29 is 4.42 Å². The minimum atomic E-state index is 0.606. The first kappa shape index (κ1) is 28.7. The Morgan fingerprint density at radius 2 is 1.02 bits per heavy atom. The maximum Gasteiger partial charge on any atom is 0.164 e. The summed E-state index contributed by atoms with van der Waals surface area (Å²) >= 11 is 0. The lowest BCUT2D eigenvalue weighted by Gasteiger charge is -2.12. The zero-order valence-electron chi connectivity index (χ0n) is 27.9. The second kappa shape index (κ2) is 11.2. The molecular weight excluding hydrogens is 637 g/mol. The van der Waals surface area contributed by atoms with Crippen LogP contribution in [0.1, 0.15) is 0 Å². The summed E-state index contributed by atoms with van der Waals surface area (Å²) in [6, 6.07) is 59.2. The molecule has 0 bridgehead atoms. The molecule has 0 aliphatic carbocycles. The van der Waals surface area contributed by atoms with E-state index in [0.717, 1.165) is 66.1 Å². The first-order valence-electron chi connectivity index (χ1n) is 17.4. The molecule has 3 heterocycles. The number of hydrogen-bond donors (Lipinski definition) is 0. The van der Waals surface area contributed by atoms with E-state index in [-0.39, 0.29) is 0 Å². The van der Waals surface area contributed by atoms with Crippen LogP contribution in [0.5, 0.6) is 0 Å². The van der Waals surface area contributed by atoms with Crippen LogP contribution in [0, 0.1) is 0 Å². The SMILES string of the molecule is c1ccc(-c2nc(-c3cccc(-n4c5ccccc5c5cc6ccccc6cc54)c3)nc(-c3ccc4oc5c6ccccc6ccc5c4c3)n2)cc1. The van der Waals surface area contributed by atoms with Crippen LogP contribution in [0.2, 0.25) is 0 Å². The summed E-state index contributed by atoms with van der Waals surface area (Å²) in [5.41, 5.74) is 7.81. The minimum absolute atomic E-state index is 0.606. The van der Waals surface area contributed by atoms with Gasteiger partial charge in [0.1, 0.15) is 11.2 Å². The fraction of sp³-hybridized carbons (Fsp3) is 0. The molecule has 0 amide bonds. The lowest BCUT2D eigenvalue weighted by atomic mass is 10.0. The van der Waals surface area contributed by atoms with Gasteiger partial charge in [-0.1, -0.05) is 115 Å². The van der Waals surface area contributed by atoms with Crippen molar-refractivity contribution in [1.29, 1.82) is 0 Å². The van der Waals surface area contributed by atoms with Crippen LogP contribution >= 0.6 is 0 Å². The van der Waals surface area contributed by atoms with E-state index in [1.54, 1.807) is 0 Å². The summed E-state index contributed by atoms with van der Waals surface area (Å²) in [5.74, 6) is 1.84. The van der Waals surface area contributed by atoms with E-state index in [0.29, 0.717) is 17.5 Å². The number of fused-ring (bicyclic) bond motifs is 9. The molecule has 0 aliphatic heterocycles. The van der Waals surface area contributed by atoms with Crippen molar-refractivity contribution in [2.75, 3.05) is 0 Å². The highest BCUT2D eigenvalue weighted by atomic mass is 16.3. The van der Waals surface area contributed by atoms with Crippen LogP contribution in [0.25, 0.3) is 105 Å². The highest BCUT2D eigenvalue weighted by Gasteiger charge is 2.18. The molecule has 0 fully saturated rings. The Bertz CT molecular complexity index is 3190. The average molecular weight is 665 g/mol. The van der Waals surface area contributed by atoms with Crippen LogP contribution < -0.4 is 0 Å². The van der Waals surface area contributed by atoms with Gasteiger partial charge in [-0.15, -0.1) is 0 Å². The van der Waals surface area contributed by atoms with Crippen molar-refractivity contribution in [2.24, 2.45) is 0 Å². The molecule has 0 radical (unpaired) electrons. The van der Waals surface area contributed by atoms with Gasteiger partial charge in [0.05, 0.1) is 11.0 Å². The molecule has 5 nitrogen and oxygen atoms in total. The summed E-state index contributed by atoms with van der Waals surface area (Å²) in [6.07, 6.45) is 0. The van der Waals surface area contributed by atoms with Gasteiger partial charge in [0.15, 0.2) is 17.5 Å². The predicted molar refractivity (Wildman–Crippen MR) is 213 cm³/mol. The third kappa shape index (κ3) is 4.46. The van der Waals surface area contributed by atoms with Crippen LogP contribution in [0.4, 0.5) is 0 Å². The monoisotopic (exact) mass is 664 g/mol. The van der Waals surface area contributed by atoms with Crippen LogP contribution in [0.15, 0.2) is 174 Å². The van der Waals surface area contributed by atoms with E-state index in [4.69, 9.17) is 19.4 Å². The molecule has 5 heteroatoms. The largest absolute Gasteiger partial charge is 0.455 e. The van der Waals surface area contributed by atoms with Gasteiger partial charge < -0.3 is 8.98 Å². The van der Waals surface area contributed by atoms with E-state index in [2.05, 4.69) is 132 Å². The molecule has 242 valence electrons. The molecule has 0 saturated heterocycles. The molecule has 0 atom stereocenters. The highest BCUT2D eigenvalue weighted by Crippen LogP contribution is 2.38. The Morgan fingerprint density at radius 3 is 1.85 bits per heavy atom.